The van der Waals surface area contributed by atoms with Crippen LogP contribution in [0.5, 0.6) is 0 Å². The first kappa shape index (κ1) is 14.0. The summed E-state index contributed by atoms with van der Waals surface area (Å²) in [5.41, 5.74) is 0. The molecule has 0 aliphatic carbocycles. The quantitative estimate of drug-likeness (QED) is 0.608. The standard InChI is InChI=1S/C12H19N3O4/c1-3-13-9-6-19-5-8(9)12(18)15-4-10(16)14-11(17)7(15)2/h7-9,13H,3-6H2,1-2H3,(H,14,16,17). The number of hydrogen-bond donors (Lipinski definition) is 2. The van der Waals surface area contributed by atoms with Crippen LogP contribution in [0.3, 0.4) is 0 Å². The summed E-state index contributed by atoms with van der Waals surface area (Å²) in [4.78, 5) is 36.8. The van der Waals surface area contributed by atoms with Crippen LogP contribution < -0.4 is 10.6 Å². The van der Waals surface area contributed by atoms with Gasteiger partial charge in [0, 0.05) is 6.04 Å². The molecule has 2 saturated heterocycles. The Labute approximate surface area is 111 Å². The Kier molecular flexibility index (Phi) is 4.16. The van der Waals surface area contributed by atoms with Crippen molar-refractivity contribution in [3.63, 3.8) is 0 Å². The molecule has 0 bridgehead atoms. The molecular weight excluding hydrogens is 250 g/mol. The highest BCUT2D eigenvalue weighted by Gasteiger charge is 2.41. The second-order valence-corrected chi connectivity index (χ2v) is 4.86. The van der Waals surface area contributed by atoms with Gasteiger partial charge in [0.25, 0.3) is 0 Å². The first-order chi connectivity index (χ1) is 9.04. The molecule has 0 aromatic carbocycles. The fourth-order valence-corrected chi connectivity index (χ4v) is 2.46. The predicted molar refractivity (Wildman–Crippen MR) is 66.1 cm³/mol. The lowest BCUT2D eigenvalue weighted by molar-refractivity contribution is -0.151. The molecule has 2 N–H and O–H groups in total. The minimum atomic E-state index is -0.618. The van der Waals surface area contributed by atoms with E-state index in [0.717, 1.165) is 6.54 Å². The number of amides is 3. The molecule has 2 aliphatic heterocycles. The minimum Gasteiger partial charge on any atom is -0.379 e. The van der Waals surface area contributed by atoms with Gasteiger partial charge in [0.15, 0.2) is 0 Å². The summed E-state index contributed by atoms with van der Waals surface area (Å²) in [5.74, 6) is -1.39. The van der Waals surface area contributed by atoms with E-state index < -0.39 is 17.9 Å². The van der Waals surface area contributed by atoms with Crippen molar-refractivity contribution in [3.8, 4) is 0 Å². The molecule has 0 aromatic heterocycles. The second-order valence-electron chi connectivity index (χ2n) is 4.86. The summed E-state index contributed by atoms with van der Waals surface area (Å²) >= 11 is 0. The van der Waals surface area contributed by atoms with Gasteiger partial charge in [-0.2, -0.15) is 0 Å². The summed E-state index contributed by atoms with van der Waals surface area (Å²) in [6, 6.07) is -0.669. The van der Waals surface area contributed by atoms with Crippen LogP contribution in [-0.4, -0.2) is 61.0 Å². The summed E-state index contributed by atoms with van der Waals surface area (Å²) in [7, 11) is 0. The Morgan fingerprint density at radius 3 is 2.89 bits per heavy atom. The Morgan fingerprint density at radius 2 is 2.21 bits per heavy atom. The number of carbonyl (C=O) groups excluding carboxylic acids is 3. The Bertz CT molecular complexity index is 398. The van der Waals surface area contributed by atoms with E-state index in [9.17, 15) is 14.4 Å². The molecule has 3 amide bonds. The van der Waals surface area contributed by atoms with Crippen LogP contribution in [0, 0.1) is 5.92 Å². The van der Waals surface area contributed by atoms with E-state index in [-0.39, 0.29) is 24.4 Å². The van der Waals surface area contributed by atoms with Crippen LogP contribution in [0.1, 0.15) is 13.8 Å². The monoisotopic (exact) mass is 269 g/mol. The van der Waals surface area contributed by atoms with E-state index in [2.05, 4.69) is 10.6 Å². The van der Waals surface area contributed by atoms with Crippen molar-refractivity contribution in [1.82, 2.24) is 15.5 Å². The molecule has 2 fully saturated rings. The molecule has 0 spiro atoms. The van der Waals surface area contributed by atoms with Crippen molar-refractivity contribution >= 4 is 17.7 Å². The third kappa shape index (κ3) is 2.76. The lowest BCUT2D eigenvalue weighted by Gasteiger charge is -2.34. The van der Waals surface area contributed by atoms with Crippen LogP contribution in [0.2, 0.25) is 0 Å². The number of hydrogen-bond acceptors (Lipinski definition) is 5. The highest BCUT2D eigenvalue weighted by atomic mass is 16.5. The maximum atomic E-state index is 12.5. The maximum absolute atomic E-state index is 12.5. The molecule has 2 rings (SSSR count). The number of nitrogens with zero attached hydrogens (tertiary/aromatic N) is 1. The molecule has 0 saturated carbocycles. The van der Waals surface area contributed by atoms with Gasteiger partial charge in [-0.15, -0.1) is 0 Å². The van der Waals surface area contributed by atoms with Gasteiger partial charge in [0.2, 0.25) is 17.7 Å². The molecule has 2 aliphatic rings. The highest BCUT2D eigenvalue weighted by Crippen LogP contribution is 2.19. The van der Waals surface area contributed by atoms with E-state index in [0.29, 0.717) is 13.2 Å². The number of carbonyl (C=O) groups is 3. The van der Waals surface area contributed by atoms with Gasteiger partial charge in [-0.25, -0.2) is 0 Å². The van der Waals surface area contributed by atoms with Gasteiger partial charge in [-0.05, 0) is 13.5 Å². The van der Waals surface area contributed by atoms with Crippen molar-refractivity contribution in [1.29, 1.82) is 0 Å². The maximum Gasteiger partial charge on any atom is 0.249 e. The third-order valence-electron chi connectivity index (χ3n) is 3.57. The average molecular weight is 269 g/mol. The topological polar surface area (TPSA) is 87.7 Å². The van der Waals surface area contributed by atoms with Gasteiger partial charge in [-0.3, -0.25) is 19.7 Å². The van der Waals surface area contributed by atoms with Crippen LogP contribution >= 0.6 is 0 Å². The van der Waals surface area contributed by atoms with Crippen molar-refractivity contribution < 1.29 is 19.1 Å². The zero-order valence-electron chi connectivity index (χ0n) is 11.1. The molecule has 3 unspecified atom stereocenters. The molecule has 106 valence electrons. The smallest absolute Gasteiger partial charge is 0.249 e. The summed E-state index contributed by atoms with van der Waals surface area (Å²) in [5, 5.41) is 5.42. The Morgan fingerprint density at radius 1 is 1.47 bits per heavy atom. The number of imide groups is 1. The molecule has 19 heavy (non-hydrogen) atoms. The normalized spacial score (nSPS) is 31.5. The Hall–Kier alpha value is -1.47. The number of ether oxygens (including phenoxy) is 1. The lowest BCUT2D eigenvalue weighted by atomic mass is 10.00. The molecule has 7 nitrogen and oxygen atoms in total. The van der Waals surface area contributed by atoms with E-state index >= 15 is 0 Å². The van der Waals surface area contributed by atoms with Crippen molar-refractivity contribution in [2.45, 2.75) is 25.9 Å². The summed E-state index contributed by atoms with van der Waals surface area (Å²) < 4.78 is 5.33. The van der Waals surface area contributed by atoms with Gasteiger partial charge in [0.05, 0.1) is 19.1 Å². The first-order valence-corrected chi connectivity index (χ1v) is 6.50. The van der Waals surface area contributed by atoms with E-state index in [4.69, 9.17) is 4.74 Å². The average Bonchev–Trinajstić information content (AvgIpc) is 2.81. The van der Waals surface area contributed by atoms with Crippen molar-refractivity contribution in [3.05, 3.63) is 0 Å². The molecule has 2 heterocycles. The molecule has 7 heteroatoms. The molecule has 0 aromatic rings. The fourth-order valence-electron chi connectivity index (χ4n) is 2.46. The number of nitrogens with one attached hydrogen (secondary N) is 2. The van der Waals surface area contributed by atoms with Gasteiger partial charge >= 0.3 is 0 Å². The van der Waals surface area contributed by atoms with E-state index in [1.165, 1.54) is 4.90 Å². The minimum absolute atomic E-state index is 0.0511. The highest BCUT2D eigenvalue weighted by molar-refractivity contribution is 6.04. The van der Waals surface area contributed by atoms with Crippen LogP contribution in [0.25, 0.3) is 0 Å². The van der Waals surface area contributed by atoms with Crippen molar-refractivity contribution in [2.24, 2.45) is 5.92 Å². The number of rotatable bonds is 3. The lowest BCUT2D eigenvalue weighted by Crippen LogP contribution is -2.61. The number of likely N-dealkylation sites (N-methyl/N-ethyl adjacent to an activating group) is 1. The first-order valence-electron chi connectivity index (χ1n) is 6.50. The van der Waals surface area contributed by atoms with E-state index in [1.54, 1.807) is 6.92 Å². The van der Waals surface area contributed by atoms with Crippen LogP contribution in [-0.2, 0) is 19.1 Å². The Balaban J connectivity index is 2.09. The SMILES string of the molecule is CCNC1COCC1C(=O)N1CC(=O)NC(=O)C1C. The van der Waals surface area contributed by atoms with E-state index in [1.807, 2.05) is 6.92 Å². The zero-order chi connectivity index (χ0) is 14.0. The van der Waals surface area contributed by atoms with Crippen LogP contribution in [0.15, 0.2) is 0 Å². The summed E-state index contributed by atoms with van der Waals surface area (Å²) in [6.45, 7) is 5.06. The predicted octanol–water partition coefficient (Wildman–Crippen LogP) is -1.52. The third-order valence-corrected chi connectivity index (χ3v) is 3.57. The summed E-state index contributed by atoms with van der Waals surface area (Å²) in [6.07, 6.45) is 0. The molecular formula is C12H19N3O4. The van der Waals surface area contributed by atoms with Gasteiger partial charge in [-0.1, -0.05) is 6.92 Å². The number of piperazine rings is 1. The van der Waals surface area contributed by atoms with Gasteiger partial charge in [0.1, 0.15) is 12.6 Å². The van der Waals surface area contributed by atoms with Crippen molar-refractivity contribution in [2.75, 3.05) is 26.3 Å². The fraction of sp³-hybridized carbons (Fsp3) is 0.750. The zero-order valence-corrected chi connectivity index (χ0v) is 11.1. The van der Waals surface area contributed by atoms with Crippen LogP contribution in [0.4, 0.5) is 0 Å². The second kappa shape index (κ2) is 5.66. The molecule has 3 atom stereocenters. The molecule has 0 radical (unpaired) electrons. The van der Waals surface area contributed by atoms with Gasteiger partial charge < -0.3 is 15.0 Å². The largest absolute Gasteiger partial charge is 0.379 e.